The van der Waals surface area contributed by atoms with E-state index in [1.165, 1.54) is 0 Å². The summed E-state index contributed by atoms with van der Waals surface area (Å²) in [7, 11) is 0. The van der Waals surface area contributed by atoms with Crippen LogP contribution in [0.25, 0.3) is 0 Å². The molecular weight excluding hydrogens is 548 g/mol. The first kappa shape index (κ1) is 32.0. The molecule has 0 bridgehead atoms. The summed E-state index contributed by atoms with van der Waals surface area (Å²) in [5.41, 5.74) is 11.5. The standard InChI is InChI=1S/C15H19N3O3.C15H19N3O2.C2H6/c19-15-14(17-8-10-21-11-9-17)2-1-7-18(15)13-5-3-12(16-20)4-6-13;16-12-3-5-13(6-4-12)18-7-1-2-14(15(18)19)17-8-10-20-11-9-17;1-2/h2-6,16,20H,1,7-11H2;2-6H,1,7-11,16H2;1-2H3/p+1. The molecule has 4 heterocycles. The molecule has 2 aromatic rings. The van der Waals surface area contributed by atoms with Crippen LogP contribution in [0.4, 0.5) is 22.7 Å². The maximum absolute atomic E-state index is 12.7. The van der Waals surface area contributed by atoms with Crippen molar-refractivity contribution in [2.45, 2.75) is 26.7 Å². The van der Waals surface area contributed by atoms with Gasteiger partial charge in [0.15, 0.2) is 5.69 Å². The summed E-state index contributed by atoms with van der Waals surface area (Å²) >= 11 is 0. The minimum Gasteiger partial charge on any atom is -0.399 e. The van der Waals surface area contributed by atoms with E-state index in [0.29, 0.717) is 38.7 Å². The number of nitrogens with two attached hydrogens (primary N) is 2. The number of hydrogen-bond acceptors (Lipinski definition) is 8. The molecule has 6 rings (SSSR count). The summed E-state index contributed by atoms with van der Waals surface area (Å²) < 4.78 is 10.7. The van der Waals surface area contributed by atoms with Gasteiger partial charge in [-0.15, -0.1) is 0 Å². The number of carbonyl (C=O) groups excluding carboxylic acids is 2. The Morgan fingerprint density at radius 1 is 0.651 bits per heavy atom. The van der Waals surface area contributed by atoms with Gasteiger partial charge in [-0.25, -0.2) is 5.21 Å². The van der Waals surface area contributed by atoms with Gasteiger partial charge >= 0.3 is 0 Å². The quantitative estimate of drug-likeness (QED) is 0.357. The van der Waals surface area contributed by atoms with E-state index in [9.17, 15) is 9.59 Å². The number of amides is 2. The lowest BCUT2D eigenvalue weighted by atomic mass is 10.1. The number of rotatable bonds is 5. The number of carbonyl (C=O) groups is 2. The third-order valence-electron chi connectivity index (χ3n) is 7.57. The molecular formula is C32H45N6O5+. The molecule has 4 aliphatic heterocycles. The van der Waals surface area contributed by atoms with Crippen LogP contribution in [0.2, 0.25) is 0 Å². The summed E-state index contributed by atoms with van der Waals surface area (Å²) in [5.74, 6) is 0.117. The molecule has 2 amide bonds. The normalized spacial score (nSPS) is 19.0. The van der Waals surface area contributed by atoms with Crippen LogP contribution in [-0.4, -0.2) is 92.5 Å². The third-order valence-corrected chi connectivity index (χ3v) is 7.57. The molecule has 0 saturated carbocycles. The number of anilines is 3. The largest absolute Gasteiger partial charge is 0.399 e. The molecule has 11 heteroatoms. The second kappa shape index (κ2) is 16.1. The first-order valence-electron chi connectivity index (χ1n) is 15.2. The fourth-order valence-corrected chi connectivity index (χ4v) is 5.34. The van der Waals surface area contributed by atoms with Crippen LogP contribution < -0.4 is 21.0 Å². The van der Waals surface area contributed by atoms with Crippen molar-refractivity contribution in [2.24, 2.45) is 0 Å². The second-order valence-corrected chi connectivity index (χ2v) is 10.2. The highest BCUT2D eigenvalue weighted by Crippen LogP contribution is 2.25. The second-order valence-electron chi connectivity index (χ2n) is 10.2. The molecule has 0 radical (unpaired) electrons. The van der Waals surface area contributed by atoms with Gasteiger partial charge in [0.2, 0.25) is 0 Å². The molecule has 232 valence electrons. The van der Waals surface area contributed by atoms with Crippen LogP contribution in [0.15, 0.2) is 72.1 Å². The zero-order valence-electron chi connectivity index (χ0n) is 25.3. The van der Waals surface area contributed by atoms with Crippen molar-refractivity contribution in [3.63, 3.8) is 0 Å². The zero-order chi connectivity index (χ0) is 30.6. The van der Waals surface area contributed by atoms with Crippen molar-refractivity contribution >= 4 is 34.6 Å². The summed E-state index contributed by atoms with van der Waals surface area (Å²) in [6.45, 7) is 11.2. The van der Waals surface area contributed by atoms with E-state index >= 15 is 0 Å². The van der Waals surface area contributed by atoms with Crippen LogP contribution in [0.5, 0.6) is 0 Å². The van der Waals surface area contributed by atoms with E-state index in [-0.39, 0.29) is 11.8 Å². The predicted molar refractivity (Wildman–Crippen MR) is 167 cm³/mol. The highest BCUT2D eigenvalue weighted by Gasteiger charge is 2.29. The first-order valence-corrected chi connectivity index (χ1v) is 15.2. The molecule has 2 saturated heterocycles. The monoisotopic (exact) mass is 593 g/mol. The molecule has 0 atom stereocenters. The van der Waals surface area contributed by atoms with Crippen LogP contribution in [0, 0.1) is 0 Å². The van der Waals surface area contributed by atoms with Crippen LogP contribution in [-0.2, 0) is 19.1 Å². The molecule has 4 aliphatic rings. The lowest BCUT2D eigenvalue weighted by molar-refractivity contribution is -0.825. The van der Waals surface area contributed by atoms with Gasteiger partial charge in [-0.2, -0.15) is 5.48 Å². The summed E-state index contributed by atoms with van der Waals surface area (Å²) in [6, 6.07) is 14.8. The minimum atomic E-state index is 0.0453. The van der Waals surface area contributed by atoms with Crippen molar-refractivity contribution in [1.29, 1.82) is 0 Å². The van der Waals surface area contributed by atoms with Gasteiger partial charge in [-0.05, 0) is 49.2 Å². The van der Waals surface area contributed by atoms with Gasteiger partial charge in [-0.3, -0.25) is 9.59 Å². The Morgan fingerprint density at radius 3 is 1.44 bits per heavy atom. The van der Waals surface area contributed by atoms with Gasteiger partial charge < -0.3 is 34.8 Å². The molecule has 2 fully saturated rings. The van der Waals surface area contributed by atoms with Gasteiger partial charge in [0.25, 0.3) is 11.8 Å². The maximum atomic E-state index is 12.7. The molecule has 0 aliphatic carbocycles. The predicted octanol–water partition coefficient (Wildman–Crippen LogP) is 2.47. The number of hydrogen-bond donors (Lipinski definition) is 3. The van der Waals surface area contributed by atoms with Gasteiger partial charge in [0, 0.05) is 68.5 Å². The lowest BCUT2D eigenvalue weighted by Gasteiger charge is -2.35. The molecule has 43 heavy (non-hydrogen) atoms. The Bertz CT molecular complexity index is 1250. The number of nitrogen functional groups attached to an aromatic ring is 1. The van der Waals surface area contributed by atoms with E-state index in [4.69, 9.17) is 20.4 Å². The zero-order valence-corrected chi connectivity index (χ0v) is 25.3. The average Bonchev–Trinajstić information content (AvgIpc) is 3.07. The van der Waals surface area contributed by atoms with E-state index in [2.05, 4.69) is 9.80 Å². The Labute approximate surface area is 254 Å². The first-order chi connectivity index (χ1) is 21.0. The smallest absolute Gasteiger partial charge is 0.274 e. The number of nitrogens with zero attached hydrogens (tertiary/aromatic N) is 4. The third kappa shape index (κ3) is 8.14. The van der Waals surface area contributed by atoms with Crippen molar-refractivity contribution in [1.82, 2.24) is 9.80 Å². The molecule has 0 unspecified atom stereocenters. The van der Waals surface area contributed by atoms with E-state index in [1.54, 1.807) is 17.0 Å². The van der Waals surface area contributed by atoms with E-state index < -0.39 is 0 Å². The number of ether oxygens (including phenoxy) is 2. The topological polar surface area (TPSA) is 128 Å². The molecule has 5 N–H and O–H groups in total. The molecule has 0 aromatic heterocycles. The van der Waals surface area contributed by atoms with Gasteiger partial charge in [0.1, 0.15) is 0 Å². The number of quaternary nitrogens is 1. The minimum absolute atomic E-state index is 0.0453. The number of morpholine rings is 2. The van der Waals surface area contributed by atoms with Crippen molar-refractivity contribution < 1.29 is 29.8 Å². The van der Waals surface area contributed by atoms with Gasteiger partial charge in [-0.1, -0.05) is 26.0 Å². The average molecular weight is 594 g/mol. The molecule has 0 spiro atoms. The fraction of sp³-hybridized carbons (Fsp3) is 0.438. The van der Waals surface area contributed by atoms with Crippen LogP contribution in [0.3, 0.4) is 0 Å². The van der Waals surface area contributed by atoms with Crippen LogP contribution >= 0.6 is 0 Å². The summed E-state index contributed by atoms with van der Waals surface area (Å²) in [6.07, 6.45) is 5.80. The Morgan fingerprint density at radius 2 is 1.05 bits per heavy atom. The fourth-order valence-electron chi connectivity index (χ4n) is 5.34. The highest BCUT2D eigenvalue weighted by atomic mass is 16.5. The lowest BCUT2D eigenvalue weighted by Crippen LogP contribution is -2.73. The Balaban J connectivity index is 0.000000186. The number of benzene rings is 2. The van der Waals surface area contributed by atoms with Crippen LogP contribution in [0.1, 0.15) is 26.7 Å². The molecule has 2 aromatic carbocycles. The van der Waals surface area contributed by atoms with E-state index in [1.807, 2.05) is 67.3 Å². The summed E-state index contributed by atoms with van der Waals surface area (Å²) in [4.78, 5) is 33.2. The molecule has 11 nitrogen and oxygen atoms in total. The highest BCUT2D eigenvalue weighted by molar-refractivity contribution is 6.06. The Kier molecular flexibility index (Phi) is 12.0. The van der Waals surface area contributed by atoms with Crippen molar-refractivity contribution in [3.05, 3.63) is 72.1 Å². The van der Waals surface area contributed by atoms with Crippen molar-refractivity contribution in [2.75, 3.05) is 81.2 Å². The van der Waals surface area contributed by atoms with Crippen molar-refractivity contribution in [3.8, 4) is 0 Å². The van der Waals surface area contributed by atoms with E-state index in [0.717, 1.165) is 79.5 Å². The maximum Gasteiger partial charge on any atom is 0.274 e. The van der Waals surface area contributed by atoms with Gasteiger partial charge in [0.05, 0.1) is 37.8 Å². The SMILES string of the molecule is CC.Nc1ccc(N2CCC=C(N3CCOCC3)C2=O)cc1.O=C1C(N2CCOCC2)=CCCN1c1ccc([NH2+]O)cc1. The Hall–Kier alpha value is -3.90. The summed E-state index contributed by atoms with van der Waals surface area (Å²) in [5, 5.41) is 8.97.